The average molecular weight is 678 g/mol. The molecule has 246 valence electrons. The Morgan fingerprint density at radius 2 is 1.80 bits per heavy atom. The van der Waals surface area contributed by atoms with Gasteiger partial charge < -0.3 is 14.2 Å². The molecule has 1 unspecified atom stereocenters. The van der Waals surface area contributed by atoms with E-state index in [2.05, 4.69) is 16.2 Å². The molecule has 4 aromatic carbocycles. The molecule has 9 nitrogen and oxygen atoms in total. The summed E-state index contributed by atoms with van der Waals surface area (Å²) >= 11 is 1.33. The van der Waals surface area contributed by atoms with Crippen molar-refractivity contribution in [2.75, 3.05) is 6.79 Å². The molecule has 6 aromatic rings. The monoisotopic (exact) mass is 677 g/mol. The number of esters is 1. The highest BCUT2D eigenvalue weighted by Crippen LogP contribution is 2.44. The first kappa shape index (κ1) is 33.1. The largest absolute Gasteiger partial charge is 0.488 e. The smallest absolute Gasteiger partial charge is 0.344 e. The fourth-order valence-corrected chi connectivity index (χ4v) is 6.35. The Balaban J connectivity index is 1.31. The Morgan fingerprint density at radius 1 is 1.02 bits per heavy atom. The summed E-state index contributed by atoms with van der Waals surface area (Å²) in [5.41, 5.74) is 1.43. The number of aromatic nitrogens is 4. The number of rotatable bonds is 13. The van der Waals surface area contributed by atoms with Gasteiger partial charge in [0.25, 0.3) is 0 Å². The molecule has 0 spiro atoms. The van der Waals surface area contributed by atoms with E-state index in [0.717, 1.165) is 23.3 Å². The molecule has 12 heteroatoms. The number of carbonyl (C=O) groups is 1. The van der Waals surface area contributed by atoms with Gasteiger partial charge in [0.15, 0.2) is 6.79 Å². The van der Waals surface area contributed by atoms with Crippen molar-refractivity contribution in [3.05, 3.63) is 154 Å². The molecular formula is C37H29F2N5O4S. The van der Waals surface area contributed by atoms with Crippen molar-refractivity contribution < 1.29 is 27.8 Å². The molecule has 2 atom stereocenters. The summed E-state index contributed by atoms with van der Waals surface area (Å²) in [5, 5.41) is 15.8. The lowest BCUT2D eigenvalue weighted by atomic mass is 9.81. The van der Waals surface area contributed by atoms with E-state index in [0.29, 0.717) is 22.0 Å². The van der Waals surface area contributed by atoms with Crippen molar-refractivity contribution in [3.63, 3.8) is 0 Å². The van der Waals surface area contributed by atoms with E-state index in [1.165, 1.54) is 34.7 Å². The second-order valence-corrected chi connectivity index (χ2v) is 11.9. The molecule has 6 rings (SSSR count). The number of hydrogen-bond donors (Lipinski definition) is 0. The van der Waals surface area contributed by atoms with E-state index in [4.69, 9.17) is 19.2 Å². The number of nitriles is 1. The zero-order valence-electron chi connectivity index (χ0n) is 26.2. The minimum absolute atomic E-state index is 0.00895. The van der Waals surface area contributed by atoms with Crippen LogP contribution in [0.2, 0.25) is 0 Å². The number of halogens is 2. The molecule has 2 aromatic heterocycles. The second-order valence-electron chi connectivity index (χ2n) is 11.1. The van der Waals surface area contributed by atoms with Gasteiger partial charge in [-0.15, -0.1) is 11.3 Å². The maximum atomic E-state index is 15.8. The Hall–Kier alpha value is -5.77. The summed E-state index contributed by atoms with van der Waals surface area (Å²) in [6.07, 6.45) is 2.78. The van der Waals surface area contributed by atoms with Crippen LogP contribution in [0.5, 0.6) is 5.75 Å². The highest BCUT2D eigenvalue weighted by atomic mass is 32.1. The third-order valence-corrected chi connectivity index (χ3v) is 9.03. The van der Waals surface area contributed by atoms with Crippen LogP contribution in [-0.4, -0.2) is 32.5 Å². The molecule has 0 bridgehead atoms. The summed E-state index contributed by atoms with van der Waals surface area (Å²) in [6.45, 7) is 1.35. The third kappa shape index (κ3) is 7.54. The van der Waals surface area contributed by atoms with Gasteiger partial charge in [0.05, 0.1) is 28.9 Å². The van der Waals surface area contributed by atoms with Gasteiger partial charge in [-0.1, -0.05) is 67.6 Å². The van der Waals surface area contributed by atoms with Crippen LogP contribution in [0, 0.1) is 23.0 Å². The van der Waals surface area contributed by atoms with E-state index < -0.39 is 35.9 Å². The van der Waals surface area contributed by atoms with Crippen LogP contribution in [0.15, 0.2) is 115 Å². The van der Waals surface area contributed by atoms with Crippen LogP contribution in [0.1, 0.15) is 44.9 Å². The lowest BCUT2D eigenvalue weighted by molar-refractivity contribution is -0.148. The maximum absolute atomic E-state index is 15.8. The molecule has 0 saturated carbocycles. The highest BCUT2D eigenvalue weighted by molar-refractivity contribution is 7.10. The van der Waals surface area contributed by atoms with Gasteiger partial charge in [-0.25, -0.2) is 28.2 Å². The van der Waals surface area contributed by atoms with Crippen molar-refractivity contribution in [2.24, 2.45) is 0 Å². The quantitative estimate of drug-likeness (QED) is 0.0905. The van der Waals surface area contributed by atoms with Crippen LogP contribution in [0.4, 0.5) is 8.78 Å². The first-order chi connectivity index (χ1) is 23.9. The molecule has 0 aliphatic heterocycles. The summed E-state index contributed by atoms with van der Waals surface area (Å²) in [4.78, 5) is 22.3. The number of ether oxygens (including phenoxy) is 3. The third-order valence-electron chi connectivity index (χ3n) is 8.00. The van der Waals surface area contributed by atoms with Gasteiger partial charge in [-0.3, -0.25) is 0 Å². The number of hydrogen-bond acceptors (Lipinski definition) is 9. The van der Waals surface area contributed by atoms with Crippen LogP contribution < -0.4 is 4.74 Å². The van der Waals surface area contributed by atoms with Crippen molar-refractivity contribution in [1.29, 1.82) is 5.26 Å². The SMILES string of the molecule is C[C@@H](c1nc(-c2ccc(C#N)cc2)cs1)C(Cn1cncn1)(OCOC(=O)c1ccccc1OCc1ccccc1)c1ccc(F)cc1F. The molecule has 0 radical (unpaired) electrons. The molecular weight excluding hydrogens is 649 g/mol. The van der Waals surface area contributed by atoms with Crippen molar-refractivity contribution in [2.45, 2.75) is 31.6 Å². The van der Waals surface area contributed by atoms with Crippen LogP contribution in [0.3, 0.4) is 0 Å². The van der Waals surface area contributed by atoms with Gasteiger partial charge in [0.2, 0.25) is 0 Å². The number of nitrogens with zero attached hydrogens (tertiary/aromatic N) is 5. The number of para-hydroxylation sites is 1. The summed E-state index contributed by atoms with van der Waals surface area (Å²) in [5.74, 6) is -2.71. The van der Waals surface area contributed by atoms with E-state index >= 15 is 4.39 Å². The Labute approximate surface area is 285 Å². The molecule has 0 saturated heterocycles. The van der Waals surface area contributed by atoms with Crippen molar-refractivity contribution >= 4 is 17.3 Å². The minimum Gasteiger partial charge on any atom is -0.488 e. The molecule has 2 heterocycles. The zero-order valence-corrected chi connectivity index (χ0v) is 27.0. The van der Waals surface area contributed by atoms with Gasteiger partial charge in [0, 0.05) is 28.5 Å². The molecule has 0 amide bonds. The number of carbonyl (C=O) groups excluding carboxylic acids is 1. The number of thiazole rings is 1. The normalized spacial score (nSPS) is 12.9. The van der Waals surface area contributed by atoms with Gasteiger partial charge >= 0.3 is 5.97 Å². The van der Waals surface area contributed by atoms with Crippen LogP contribution in [0.25, 0.3) is 11.3 Å². The van der Waals surface area contributed by atoms with E-state index in [1.807, 2.05) is 35.7 Å². The summed E-state index contributed by atoms with van der Waals surface area (Å²) in [6, 6.07) is 28.5. The van der Waals surface area contributed by atoms with Crippen molar-refractivity contribution in [1.82, 2.24) is 19.7 Å². The minimum atomic E-state index is -1.62. The predicted molar refractivity (Wildman–Crippen MR) is 177 cm³/mol. The van der Waals surface area contributed by atoms with Gasteiger partial charge in [-0.05, 0) is 35.9 Å². The highest BCUT2D eigenvalue weighted by Gasteiger charge is 2.45. The fourth-order valence-electron chi connectivity index (χ4n) is 5.39. The molecule has 49 heavy (non-hydrogen) atoms. The van der Waals surface area contributed by atoms with E-state index in [-0.39, 0.29) is 24.3 Å². The maximum Gasteiger partial charge on any atom is 0.344 e. The van der Waals surface area contributed by atoms with E-state index in [1.54, 1.807) is 55.5 Å². The average Bonchev–Trinajstić information content (AvgIpc) is 3.84. The Kier molecular flexibility index (Phi) is 10.1. The van der Waals surface area contributed by atoms with Crippen LogP contribution in [-0.2, 0) is 28.2 Å². The topological polar surface area (TPSA) is 112 Å². The lowest BCUT2D eigenvalue weighted by Crippen LogP contribution is -2.42. The van der Waals surface area contributed by atoms with Gasteiger partial charge in [-0.2, -0.15) is 10.4 Å². The second kappa shape index (κ2) is 15.0. The zero-order chi connectivity index (χ0) is 34.2. The van der Waals surface area contributed by atoms with E-state index in [9.17, 15) is 14.4 Å². The molecule has 0 N–H and O–H groups in total. The van der Waals surface area contributed by atoms with Crippen LogP contribution >= 0.6 is 11.3 Å². The molecule has 0 fully saturated rings. The fraction of sp³-hybridized carbons (Fsp3) is 0.162. The predicted octanol–water partition coefficient (Wildman–Crippen LogP) is 7.66. The Bertz CT molecular complexity index is 2070. The Morgan fingerprint density at radius 3 is 2.53 bits per heavy atom. The molecule has 0 aliphatic rings. The lowest BCUT2D eigenvalue weighted by Gasteiger charge is -2.38. The van der Waals surface area contributed by atoms with Crippen molar-refractivity contribution in [3.8, 4) is 23.1 Å². The number of benzene rings is 4. The van der Waals surface area contributed by atoms with Gasteiger partial charge in [0.1, 0.15) is 47.8 Å². The summed E-state index contributed by atoms with van der Waals surface area (Å²) < 4.78 is 49.5. The summed E-state index contributed by atoms with van der Waals surface area (Å²) in [7, 11) is 0. The first-order valence-electron chi connectivity index (χ1n) is 15.2. The molecule has 0 aliphatic carbocycles. The first-order valence-corrected chi connectivity index (χ1v) is 16.0. The standard InChI is InChI=1S/C37H29F2N5O4S/c1-25(35-43-33(20-49-35)28-13-11-26(18-40)12-14-28)37(21-44-23-41-22-42-44,31-16-15-29(38)17-32(31)39)48-24-47-36(45)30-9-5-6-10-34(30)46-19-27-7-3-2-4-8-27/h2-17,20,22-23,25H,19,21,24H2,1H3/t25-,37?/m0/s1.